The van der Waals surface area contributed by atoms with Crippen LogP contribution in [0.15, 0.2) is 42.5 Å². The van der Waals surface area contributed by atoms with E-state index in [-0.39, 0.29) is 0 Å². The number of aliphatic carboxylic acids is 1. The highest BCUT2D eigenvalue weighted by atomic mass is 35.5. The van der Waals surface area contributed by atoms with Crippen molar-refractivity contribution in [3.05, 3.63) is 58.9 Å². The van der Waals surface area contributed by atoms with Gasteiger partial charge in [0.15, 0.2) is 0 Å². The summed E-state index contributed by atoms with van der Waals surface area (Å²) in [5.41, 5.74) is 1.87. The highest BCUT2D eigenvalue weighted by molar-refractivity contribution is 6.30. The van der Waals surface area contributed by atoms with Crippen LogP contribution >= 0.6 is 11.6 Å². The fourth-order valence-corrected chi connectivity index (χ4v) is 1.94. The number of hydrogen-bond donors (Lipinski definition) is 1. The number of carboxylic acid groups (broad SMARTS) is 1. The zero-order chi connectivity index (χ0) is 14.0. The largest absolute Gasteiger partial charge is 0.481 e. The minimum absolute atomic E-state index is 0.442. The zero-order valence-electron chi connectivity index (χ0n) is 10.2. The number of benzene rings is 2. The summed E-state index contributed by atoms with van der Waals surface area (Å²) in [6, 6.07) is 11.3. The quantitative estimate of drug-likeness (QED) is 0.907. The second kappa shape index (κ2) is 5.41. The summed E-state index contributed by atoms with van der Waals surface area (Å²) < 4.78 is 13.6. The van der Waals surface area contributed by atoms with Gasteiger partial charge in [0.05, 0.1) is 5.92 Å². The van der Waals surface area contributed by atoms with E-state index in [4.69, 9.17) is 16.7 Å². The number of carbonyl (C=O) groups is 1. The van der Waals surface area contributed by atoms with Gasteiger partial charge in [0.1, 0.15) is 5.82 Å². The topological polar surface area (TPSA) is 37.3 Å². The maximum absolute atomic E-state index is 13.6. The minimum Gasteiger partial charge on any atom is -0.481 e. The Morgan fingerprint density at radius 1 is 1.16 bits per heavy atom. The van der Waals surface area contributed by atoms with E-state index in [9.17, 15) is 9.18 Å². The van der Waals surface area contributed by atoms with E-state index in [0.717, 1.165) is 5.56 Å². The molecule has 0 heterocycles. The summed E-state index contributed by atoms with van der Waals surface area (Å²) >= 11 is 5.80. The average molecular weight is 279 g/mol. The van der Waals surface area contributed by atoms with E-state index < -0.39 is 17.7 Å². The third kappa shape index (κ3) is 3.12. The molecule has 1 atom stereocenters. The summed E-state index contributed by atoms with van der Waals surface area (Å²) in [6.07, 6.45) is 0. The van der Waals surface area contributed by atoms with Gasteiger partial charge < -0.3 is 5.11 Å². The van der Waals surface area contributed by atoms with Gasteiger partial charge in [-0.15, -0.1) is 0 Å². The van der Waals surface area contributed by atoms with E-state index in [1.54, 1.807) is 30.3 Å². The van der Waals surface area contributed by atoms with E-state index in [1.165, 1.54) is 19.1 Å². The first-order chi connectivity index (χ1) is 8.97. The number of halogens is 2. The van der Waals surface area contributed by atoms with Crippen molar-refractivity contribution in [1.29, 1.82) is 0 Å². The fraction of sp³-hybridized carbons (Fsp3) is 0.133. The molecule has 2 aromatic rings. The van der Waals surface area contributed by atoms with Crippen molar-refractivity contribution in [2.75, 3.05) is 0 Å². The molecule has 1 N–H and O–H groups in total. The van der Waals surface area contributed by atoms with Crippen molar-refractivity contribution in [2.45, 2.75) is 12.8 Å². The SMILES string of the molecule is C[C@@H](C(=O)O)c1cc(F)cc(-c2ccc(Cl)cc2)c1. The smallest absolute Gasteiger partial charge is 0.310 e. The summed E-state index contributed by atoms with van der Waals surface area (Å²) in [5.74, 6) is -2.18. The number of rotatable bonds is 3. The molecular weight excluding hydrogens is 267 g/mol. The Morgan fingerprint density at radius 3 is 2.37 bits per heavy atom. The Hall–Kier alpha value is -1.87. The van der Waals surface area contributed by atoms with Gasteiger partial charge in [0.25, 0.3) is 0 Å². The fourth-order valence-electron chi connectivity index (χ4n) is 1.81. The average Bonchev–Trinajstić information content (AvgIpc) is 2.37. The third-order valence-corrected chi connectivity index (χ3v) is 3.22. The molecule has 0 aliphatic carbocycles. The number of carboxylic acids is 1. The molecule has 0 aromatic heterocycles. The second-order valence-corrected chi connectivity index (χ2v) is 4.78. The first kappa shape index (κ1) is 13.6. The number of hydrogen-bond acceptors (Lipinski definition) is 1. The zero-order valence-corrected chi connectivity index (χ0v) is 11.0. The lowest BCUT2D eigenvalue weighted by molar-refractivity contribution is -0.138. The molecule has 98 valence electrons. The Morgan fingerprint density at radius 2 is 1.79 bits per heavy atom. The monoisotopic (exact) mass is 278 g/mol. The van der Waals surface area contributed by atoms with Gasteiger partial charge in [-0.2, -0.15) is 0 Å². The Bertz CT molecular complexity index is 608. The molecule has 2 rings (SSSR count). The lowest BCUT2D eigenvalue weighted by Crippen LogP contribution is -2.07. The predicted octanol–water partition coefficient (Wildman–Crippen LogP) is 4.33. The summed E-state index contributed by atoms with van der Waals surface area (Å²) in [4.78, 5) is 11.0. The van der Waals surface area contributed by atoms with Crippen LogP contribution in [0.3, 0.4) is 0 Å². The normalized spacial score (nSPS) is 12.2. The van der Waals surface area contributed by atoms with Gasteiger partial charge in [0, 0.05) is 5.02 Å². The van der Waals surface area contributed by atoms with Crippen molar-refractivity contribution in [1.82, 2.24) is 0 Å². The van der Waals surface area contributed by atoms with E-state index in [0.29, 0.717) is 16.1 Å². The van der Waals surface area contributed by atoms with E-state index in [2.05, 4.69) is 0 Å². The van der Waals surface area contributed by atoms with Crippen LogP contribution in [-0.2, 0) is 4.79 Å². The summed E-state index contributed by atoms with van der Waals surface area (Å²) in [5, 5.41) is 9.58. The Kier molecular flexibility index (Phi) is 3.86. The molecule has 0 aliphatic heterocycles. The predicted molar refractivity (Wildman–Crippen MR) is 72.9 cm³/mol. The molecule has 0 saturated heterocycles. The van der Waals surface area contributed by atoms with Crippen LogP contribution in [0, 0.1) is 5.82 Å². The molecule has 2 aromatic carbocycles. The lowest BCUT2D eigenvalue weighted by atomic mass is 9.96. The van der Waals surface area contributed by atoms with E-state index in [1.807, 2.05) is 0 Å². The van der Waals surface area contributed by atoms with Crippen molar-refractivity contribution < 1.29 is 14.3 Å². The van der Waals surface area contributed by atoms with Crippen LogP contribution in [-0.4, -0.2) is 11.1 Å². The lowest BCUT2D eigenvalue weighted by Gasteiger charge is -2.10. The highest BCUT2D eigenvalue weighted by Gasteiger charge is 2.15. The van der Waals surface area contributed by atoms with E-state index >= 15 is 0 Å². The van der Waals surface area contributed by atoms with Crippen LogP contribution in [0.25, 0.3) is 11.1 Å². The molecule has 2 nitrogen and oxygen atoms in total. The van der Waals surface area contributed by atoms with Gasteiger partial charge in [-0.1, -0.05) is 29.8 Å². The maximum Gasteiger partial charge on any atom is 0.310 e. The molecule has 4 heteroatoms. The molecule has 0 bridgehead atoms. The Labute approximate surface area is 115 Å². The minimum atomic E-state index is -0.979. The maximum atomic E-state index is 13.6. The molecule has 0 amide bonds. The molecule has 0 unspecified atom stereocenters. The van der Waals surface area contributed by atoms with Crippen molar-refractivity contribution in [3.63, 3.8) is 0 Å². The molecule has 0 saturated carbocycles. The molecular formula is C15H12ClFO2. The van der Waals surface area contributed by atoms with Crippen LogP contribution in [0.1, 0.15) is 18.4 Å². The van der Waals surface area contributed by atoms with Gasteiger partial charge in [-0.05, 0) is 47.9 Å². The van der Waals surface area contributed by atoms with Gasteiger partial charge >= 0.3 is 5.97 Å². The summed E-state index contributed by atoms with van der Waals surface area (Å²) in [6.45, 7) is 1.53. The molecule has 0 fully saturated rings. The van der Waals surface area contributed by atoms with Crippen LogP contribution in [0.2, 0.25) is 5.02 Å². The summed E-state index contributed by atoms with van der Waals surface area (Å²) in [7, 11) is 0. The first-order valence-electron chi connectivity index (χ1n) is 5.76. The van der Waals surface area contributed by atoms with Crippen LogP contribution in [0.4, 0.5) is 4.39 Å². The highest BCUT2D eigenvalue weighted by Crippen LogP contribution is 2.26. The van der Waals surface area contributed by atoms with Gasteiger partial charge in [0.2, 0.25) is 0 Å². The molecule has 0 spiro atoms. The van der Waals surface area contributed by atoms with Gasteiger partial charge in [-0.25, -0.2) is 4.39 Å². The van der Waals surface area contributed by atoms with Gasteiger partial charge in [-0.3, -0.25) is 4.79 Å². The third-order valence-electron chi connectivity index (χ3n) is 2.97. The first-order valence-corrected chi connectivity index (χ1v) is 6.14. The second-order valence-electron chi connectivity index (χ2n) is 4.34. The van der Waals surface area contributed by atoms with Crippen molar-refractivity contribution in [2.24, 2.45) is 0 Å². The standard InChI is InChI=1S/C15H12ClFO2/c1-9(15(18)19)11-6-12(8-14(17)7-11)10-2-4-13(16)5-3-10/h2-9H,1H3,(H,18,19)/t9-/m1/s1. The molecule has 0 radical (unpaired) electrons. The van der Waals surface area contributed by atoms with Crippen molar-refractivity contribution >= 4 is 17.6 Å². The molecule has 19 heavy (non-hydrogen) atoms. The van der Waals surface area contributed by atoms with Crippen LogP contribution in [0.5, 0.6) is 0 Å². The Balaban J connectivity index is 2.47. The molecule has 0 aliphatic rings. The van der Waals surface area contributed by atoms with Crippen LogP contribution < -0.4 is 0 Å². The van der Waals surface area contributed by atoms with Crippen molar-refractivity contribution in [3.8, 4) is 11.1 Å².